The summed E-state index contributed by atoms with van der Waals surface area (Å²) in [6, 6.07) is 0. The van der Waals surface area contributed by atoms with Crippen LogP contribution in [0, 0.1) is 0 Å². The minimum absolute atomic E-state index is 0.194. The Balaban J connectivity index is -0.000000125. The molecule has 5 heteroatoms. The molecule has 0 amide bonds. The molecule has 13 heavy (non-hydrogen) atoms. The van der Waals surface area contributed by atoms with E-state index in [0.29, 0.717) is 0 Å². The topological polar surface area (TPSA) is 20.2 Å². The molecular formula is C8H18Cl4O. The second-order valence-corrected chi connectivity index (χ2v) is 3.94. The van der Waals surface area contributed by atoms with Crippen molar-refractivity contribution in [1.82, 2.24) is 0 Å². The van der Waals surface area contributed by atoms with E-state index in [4.69, 9.17) is 28.3 Å². The zero-order valence-electron chi connectivity index (χ0n) is 8.07. The number of unbranched alkanes of at least 4 members (excludes halogenated alkanes) is 3. The summed E-state index contributed by atoms with van der Waals surface area (Å²) in [4.78, 5) is 0. The molecular weight excluding hydrogens is 254 g/mol. The normalized spacial score (nSPS) is 8.31. The monoisotopic (exact) mass is 270 g/mol. The number of hydrogen-bond acceptors (Lipinski definition) is 1. The number of aliphatic hydroxyl groups excluding tert-OH is 1. The van der Waals surface area contributed by atoms with Crippen LogP contribution in [0.4, 0.5) is 0 Å². The van der Waals surface area contributed by atoms with Crippen LogP contribution in [0.2, 0.25) is 0 Å². The molecule has 0 rings (SSSR count). The van der Waals surface area contributed by atoms with E-state index in [-0.39, 0.29) is 5.34 Å². The summed E-state index contributed by atoms with van der Waals surface area (Å²) in [5.74, 6) is 0. The van der Waals surface area contributed by atoms with Crippen LogP contribution >= 0.6 is 46.4 Å². The summed E-state index contributed by atoms with van der Waals surface area (Å²) in [5, 5.41) is 6.56. The molecule has 0 aromatic heterocycles. The Morgan fingerprint density at radius 1 is 1.00 bits per heavy atom. The molecule has 0 fully saturated rings. The van der Waals surface area contributed by atoms with Gasteiger partial charge in [0, 0.05) is 0 Å². The van der Waals surface area contributed by atoms with Crippen molar-refractivity contribution in [2.45, 2.75) is 44.6 Å². The van der Waals surface area contributed by atoms with Crippen molar-refractivity contribution in [3.05, 3.63) is 0 Å². The number of alkyl halides is 4. The highest BCUT2D eigenvalue weighted by molar-refractivity contribution is 6.42. The predicted molar refractivity (Wildman–Crippen MR) is 64.1 cm³/mol. The largest absolute Gasteiger partial charge is 0.365 e. The van der Waals surface area contributed by atoms with Gasteiger partial charge in [-0.3, -0.25) is 0 Å². The lowest BCUT2D eigenvalue weighted by Crippen LogP contribution is -1.73. The molecule has 1 nitrogen and oxygen atoms in total. The summed E-state index contributed by atoms with van der Waals surface area (Å²) in [7, 11) is 0. The fourth-order valence-electron chi connectivity index (χ4n) is 0.500. The van der Waals surface area contributed by atoms with Crippen molar-refractivity contribution in [3.8, 4) is 0 Å². The Kier molecular flexibility index (Phi) is 35.0. The SMILES string of the molecule is CCCCCC.ClCCl.OC(Cl)Cl. The Morgan fingerprint density at radius 2 is 1.15 bits per heavy atom. The third-order valence-corrected chi connectivity index (χ3v) is 0.957. The lowest BCUT2D eigenvalue weighted by atomic mass is 10.2. The Morgan fingerprint density at radius 3 is 1.23 bits per heavy atom. The van der Waals surface area contributed by atoms with Crippen molar-refractivity contribution < 1.29 is 5.11 Å². The van der Waals surface area contributed by atoms with Gasteiger partial charge in [0.25, 0.3) is 0 Å². The average molecular weight is 272 g/mol. The van der Waals surface area contributed by atoms with E-state index < -0.39 is 5.02 Å². The maximum absolute atomic E-state index is 7.59. The Labute approximate surface area is 101 Å². The number of rotatable bonds is 3. The van der Waals surface area contributed by atoms with Gasteiger partial charge in [-0.15, -0.1) is 23.2 Å². The maximum Gasteiger partial charge on any atom is 0.204 e. The molecule has 0 bridgehead atoms. The zero-order valence-corrected chi connectivity index (χ0v) is 11.1. The molecule has 0 aliphatic rings. The summed E-state index contributed by atoms with van der Waals surface area (Å²) < 4.78 is 0. The van der Waals surface area contributed by atoms with Crippen LogP contribution in [0.15, 0.2) is 0 Å². The molecule has 0 spiro atoms. The van der Waals surface area contributed by atoms with Gasteiger partial charge in [0.1, 0.15) is 0 Å². The standard InChI is InChI=1S/C6H14.CH2Cl2O.CH2Cl2/c1-3-5-6-4-2;2-1(3)4;2-1-3/h3-6H2,1-2H3;1,4H;1H2. The third-order valence-electron chi connectivity index (χ3n) is 0.957. The van der Waals surface area contributed by atoms with Crippen LogP contribution < -0.4 is 0 Å². The molecule has 0 saturated carbocycles. The van der Waals surface area contributed by atoms with E-state index in [2.05, 4.69) is 37.0 Å². The van der Waals surface area contributed by atoms with Crippen molar-refractivity contribution >= 4 is 46.4 Å². The molecule has 0 radical (unpaired) electrons. The van der Waals surface area contributed by atoms with E-state index in [1.807, 2.05) is 0 Å². The quantitative estimate of drug-likeness (QED) is 0.580. The minimum atomic E-state index is -1.22. The van der Waals surface area contributed by atoms with E-state index in [1.165, 1.54) is 25.7 Å². The Hall–Kier alpha value is 1.12. The molecule has 0 atom stereocenters. The van der Waals surface area contributed by atoms with Crippen LogP contribution in [0.25, 0.3) is 0 Å². The first-order chi connectivity index (χ1) is 6.06. The molecule has 0 aliphatic heterocycles. The third kappa shape index (κ3) is 95.6. The number of hydrogen-bond donors (Lipinski definition) is 1. The van der Waals surface area contributed by atoms with E-state index >= 15 is 0 Å². The van der Waals surface area contributed by atoms with Crippen LogP contribution in [0.3, 0.4) is 0 Å². The van der Waals surface area contributed by atoms with Gasteiger partial charge < -0.3 is 5.11 Å². The molecule has 1 N–H and O–H groups in total. The lowest BCUT2D eigenvalue weighted by molar-refractivity contribution is 0.333. The van der Waals surface area contributed by atoms with Crippen LogP contribution in [-0.4, -0.2) is 15.5 Å². The van der Waals surface area contributed by atoms with Crippen LogP contribution in [-0.2, 0) is 0 Å². The zero-order chi connectivity index (χ0) is 11.1. The van der Waals surface area contributed by atoms with Gasteiger partial charge in [-0.2, -0.15) is 0 Å². The van der Waals surface area contributed by atoms with Gasteiger partial charge in [0.2, 0.25) is 5.02 Å². The second-order valence-electron chi connectivity index (χ2n) is 2.09. The van der Waals surface area contributed by atoms with Gasteiger partial charge in [0.05, 0.1) is 5.34 Å². The highest BCUT2D eigenvalue weighted by Crippen LogP contribution is 1.95. The van der Waals surface area contributed by atoms with Crippen LogP contribution in [0.1, 0.15) is 39.5 Å². The van der Waals surface area contributed by atoms with Crippen molar-refractivity contribution in [2.24, 2.45) is 0 Å². The molecule has 0 aromatic carbocycles. The average Bonchev–Trinajstić information content (AvgIpc) is 2.01. The van der Waals surface area contributed by atoms with E-state index in [0.717, 1.165) is 0 Å². The van der Waals surface area contributed by atoms with Gasteiger partial charge in [-0.25, -0.2) is 0 Å². The predicted octanol–water partition coefficient (Wildman–Crippen LogP) is 4.75. The molecule has 0 aromatic rings. The van der Waals surface area contributed by atoms with E-state index in [1.54, 1.807) is 0 Å². The highest BCUT2D eigenvalue weighted by atomic mass is 35.5. The minimum Gasteiger partial charge on any atom is -0.365 e. The van der Waals surface area contributed by atoms with Gasteiger partial charge >= 0.3 is 0 Å². The van der Waals surface area contributed by atoms with Crippen molar-refractivity contribution in [1.29, 1.82) is 0 Å². The first-order valence-electron chi connectivity index (χ1n) is 4.14. The summed E-state index contributed by atoms with van der Waals surface area (Å²) in [6.45, 7) is 4.46. The summed E-state index contributed by atoms with van der Waals surface area (Å²) >= 11 is 18.7. The van der Waals surface area contributed by atoms with Gasteiger partial charge in [0.15, 0.2) is 0 Å². The molecule has 0 heterocycles. The fourth-order valence-corrected chi connectivity index (χ4v) is 0.500. The number of halogens is 4. The van der Waals surface area contributed by atoms with Crippen LogP contribution in [0.5, 0.6) is 0 Å². The fraction of sp³-hybridized carbons (Fsp3) is 1.00. The second kappa shape index (κ2) is 23.2. The summed E-state index contributed by atoms with van der Waals surface area (Å²) in [5.41, 5.74) is 0. The first-order valence-corrected chi connectivity index (χ1v) is 6.09. The molecule has 0 saturated heterocycles. The number of aliphatic hydroxyl groups is 1. The van der Waals surface area contributed by atoms with Gasteiger partial charge in [-0.1, -0.05) is 62.7 Å². The highest BCUT2D eigenvalue weighted by Gasteiger charge is 1.76. The molecule has 84 valence electrons. The van der Waals surface area contributed by atoms with Crippen molar-refractivity contribution in [2.75, 3.05) is 5.34 Å². The van der Waals surface area contributed by atoms with Gasteiger partial charge in [-0.05, 0) is 0 Å². The maximum atomic E-state index is 7.59. The smallest absolute Gasteiger partial charge is 0.204 e. The lowest BCUT2D eigenvalue weighted by Gasteiger charge is -1.86. The Bertz CT molecular complexity index is 55.4. The van der Waals surface area contributed by atoms with Crippen molar-refractivity contribution in [3.63, 3.8) is 0 Å². The first kappa shape index (κ1) is 19.7. The van der Waals surface area contributed by atoms with E-state index in [9.17, 15) is 0 Å². The summed E-state index contributed by atoms with van der Waals surface area (Å²) in [6.07, 6.45) is 5.54. The molecule has 0 aliphatic carbocycles. The molecule has 0 unspecified atom stereocenters.